The molecule has 0 spiro atoms. The number of hydrogen-bond acceptors (Lipinski definition) is 4. The van der Waals surface area contributed by atoms with Crippen molar-refractivity contribution in [2.45, 2.75) is 0 Å². The summed E-state index contributed by atoms with van der Waals surface area (Å²) in [5.74, 6) is 1.01. The molecule has 1 aromatic heterocycles. The van der Waals surface area contributed by atoms with Gasteiger partial charge in [0.1, 0.15) is 11.5 Å². The van der Waals surface area contributed by atoms with Gasteiger partial charge in [-0.05, 0) is 29.2 Å². The fourth-order valence-electron chi connectivity index (χ4n) is 1.57. The highest BCUT2D eigenvalue weighted by Gasteiger charge is 2.11. The van der Waals surface area contributed by atoms with E-state index in [-0.39, 0.29) is 0 Å². The molecule has 5 nitrogen and oxygen atoms in total. The van der Waals surface area contributed by atoms with Crippen molar-refractivity contribution < 1.29 is 14.3 Å². The lowest BCUT2D eigenvalue weighted by Gasteiger charge is -2.06. The Hall–Kier alpha value is -2.27. The van der Waals surface area contributed by atoms with Crippen LogP contribution in [0.25, 0.3) is 11.0 Å². The first kappa shape index (κ1) is 10.9. The van der Waals surface area contributed by atoms with Crippen molar-refractivity contribution in [2.24, 2.45) is 0 Å². The van der Waals surface area contributed by atoms with Crippen molar-refractivity contribution in [3.63, 3.8) is 0 Å². The predicted molar refractivity (Wildman–Crippen MR) is 64.5 cm³/mol. The third-order valence-corrected chi connectivity index (χ3v) is 2.73. The molecule has 2 aromatic carbocycles. The number of fused-ring (bicyclic) bond motifs is 1. The Bertz CT molecular complexity index is 711. The van der Waals surface area contributed by atoms with Gasteiger partial charge in [-0.2, -0.15) is 0 Å². The summed E-state index contributed by atoms with van der Waals surface area (Å²) in [6.45, 7) is 0. The van der Waals surface area contributed by atoms with E-state index in [1.165, 1.54) is 0 Å². The SMILES string of the molecule is [O-][n+]1onc2ccc(Oc3ccccc3Cl)cc21. The minimum absolute atomic E-state index is 0.305. The number of aromatic nitrogens is 2. The summed E-state index contributed by atoms with van der Waals surface area (Å²) >= 11 is 5.98. The van der Waals surface area contributed by atoms with Gasteiger partial charge in [0.2, 0.25) is 11.0 Å². The van der Waals surface area contributed by atoms with Crippen LogP contribution in [0.15, 0.2) is 47.1 Å². The quantitative estimate of drug-likeness (QED) is 0.666. The van der Waals surface area contributed by atoms with E-state index < -0.39 is 0 Å². The number of ether oxygens (including phenoxy) is 1. The van der Waals surface area contributed by atoms with Crippen molar-refractivity contribution in [2.75, 3.05) is 0 Å². The second kappa shape index (κ2) is 4.19. The Kier molecular flexibility index (Phi) is 2.53. The van der Waals surface area contributed by atoms with E-state index in [9.17, 15) is 5.21 Å². The smallest absolute Gasteiger partial charge is 0.248 e. The Morgan fingerprint density at radius 2 is 2.06 bits per heavy atom. The van der Waals surface area contributed by atoms with Gasteiger partial charge in [-0.3, -0.25) is 4.63 Å². The van der Waals surface area contributed by atoms with Gasteiger partial charge < -0.3 is 9.94 Å². The van der Waals surface area contributed by atoms with Gasteiger partial charge in [-0.25, -0.2) is 0 Å². The van der Waals surface area contributed by atoms with Gasteiger partial charge in [0.05, 0.1) is 5.02 Å². The molecule has 18 heavy (non-hydrogen) atoms. The molecule has 0 saturated carbocycles. The molecule has 0 fully saturated rings. The Morgan fingerprint density at radius 1 is 1.22 bits per heavy atom. The van der Waals surface area contributed by atoms with Gasteiger partial charge in [0, 0.05) is 11.2 Å². The lowest BCUT2D eigenvalue weighted by Crippen LogP contribution is -2.22. The molecular weight excluding hydrogens is 256 g/mol. The molecular formula is C12H7ClN2O3. The zero-order valence-corrected chi connectivity index (χ0v) is 9.79. The summed E-state index contributed by atoms with van der Waals surface area (Å²) in [6, 6.07) is 12.0. The standard InChI is InChI=1S/C12H7ClN2O3/c13-9-3-1-2-4-12(9)17-8-5-6-10-11(7-8)15(16)18-14-10/h1-7H. The maximum Gasteiger partial charge on any atom is 0.248 e. The van der Waals surface area contributed by atoms with Gasteiger partial charge in [-0.15, -0.1) is 0 Å². The molecule has 0 bridgehead atoms. The van der Waals surface area contributed by atoms with E-state index in [0.717, 1.165) is 0 Å². The highest BCUT2D eigenvalue weighted by molar-refractivity contribution is 6.32. The second-order valence-corrected chi connectivity index (χ2v) is 4.02. The average Bonchev–Trinajstić information content (AvgIpc) is 2.74. The number of para-hydroxylation sites is 1. The summed E-state index contributed by atoms with van der Waals surface area (Å²) in [7, 11) is 0. The molecule has 0 aliphatic heterocycles. The normalized spacial score (nSPS) is 10.7. The van der Waals surface area contributed by atoms with Crippen molar-refractivity contribution in [1.29, 1.82) is 0 Å². The predicted octanol–water partition coefficient (Wildman–Crippen LogP) is 2.91. The Balaban J connectivity index is 2.00. The van der Waals surface area contributed by atoms with Crippen LogP contribution in [0.4, 0.5) is 0 Å². The van der Waals surface area contributed by atoms with Crippen molar-refractivity contribution in [3.8, 4) is 11.5 Å². The van der Waals surface area contributed by atoms with Crippen molar-refractivity contribution in [1.82, 2.24) is 5.16 Å². The molecule has 6 heteroatoms. The highest BCUT2D eigenvalue weighted by Crippen LogP contribution is 2.29. The molecule has 3 rings (SSSR count). The van der Waals surface area contributed by atoms with Gasteiger partial charge in [0.15, 0.2) is 0 Å². The van der Waals surface area contributed by atoms with Gasteiger partial charge in [0.25, 0.3) is 0 Å². The molecule has 0 aliphatic carbocycles. The fraction of sp³-hybridized carbons (Fsp3) is 0. The van der Waals surface area contributed by atoms with Crippen LogP contribution in [0.1, 0.15) is 0 Å². The summed E-state index contributed by atoms with van der Waals surface area (Å²) < 4.78 is 10.1. The van der Waals surface area contributed by atoms with Crippen LogP contribution in [-0.2, 0) is 0 Å². The van der Waals surface area contributed by atoms with Gasteiger partial charge >= 0.3 is 0 Å². The van der Waals surface area contributed by atoms with E-state index in [2.05, 4.69) is 9.79 Å². The number of halogens is 1. The topological polar surface area (TPSA) is 62.2 Å². The molecule has 0 N–H and O–H groups in total. The highest BCUT2D eigenvalue weighted by atomic mass is 35.5. The summed E-state index contributed by atoms with van der Waals surface area (Å²) in [4.78, 5) is 0.328. The zero-order valence-electron chi connectivity index (χ0n) is 9.04. The average molecular weight is 263 g/mol. The largest absolute Gasteiger partial charge is 0.456 e. The summed E-state index contributed by atoms with van der Waals surface area (Å²) in [6.07, 6.45) is 0. The second-order valence-electron chi connectivity index (χ2n) is 3.61. The Morgan fingerprint density at radius 3 is 2.89 bits per heavy atom. The minimum atomic E-state index is 0.305. The first-order valence-electron chi connectivity index (χ1n) is 5.16. The minimum Gasteiger partial charge on any atom is -0.456 e. The molecule has 1 heterocycles. The molecule has 90 valence electrons. The number of nitrogens with zero attached hydrogens (tertiary/aromatic N) is 2. The first-order valence-corrected chi connectivity index (χ1v) is 5.54. The zero-order chi connectivity index (χ0) is 12.5. The van der Waals surface area contributed by atoms with E-state index >= 15 is 0 Å². The molecule has 0 saturated heterocycles. The third kappa shape index (κ3) is 1.84. The third-order valence-electron chi connectivity index (χ3n) is 2.42. The van der Waals surface area contributed by atoms with Crippen LogP contribution in [0.5, 0.6) is 11.5 Å². The molecule has 0 atom stereocenters. The van der Waals surface area contributed by atoms with Crippen LogP contribution in [0.2, 0.25) is 5.02 Å². The van der Waals surface area contributed by atoms with Crippen molar-refractivity contribution in [3.05, 3.63) is 52.7 Å². The molecule has 0 radical (unpaired) electrons. The number of hydrogen-bond donors (Lipinski definition) is 0. The lowest BCUT2D eigenvalue weighted by molar-refractivity contribution is -0.782. The first-order chi connectivity index (χ1) is 8.74. The maximum atomic E-state index is 11.3. The summed E-state index contributed by atoms with van der Waals surface area (Å²) in [5.41, 5.74) is 0.774. The fourth-order valence-corrected chi connectivity index (χ4v) is 1.74. The maximum absolute atomic E-state index is 11.3. The Labute approximate surface area is 107 Å². The molecule has 0 aliphatic rings. The summed E-state index contributed by atoms with van der Waals surface area (Å²) in [5, 5.41) is 15.3. The molecule has 0 unspecified atom stereocenters. The van der Waals surface area contributed by atoms with Crippen LogP contribution < -0.4 is 9.64 Å². The molecule has 0 amide bonds. The van der Waals surface area contributed by atoms with Crippen molar-refractivity contribution >= 4 is 22.6 Å². The van der Waals surface area contributed by atoms with Crippen LogP contribution in [-0.4, -0.2) is 5.16 Å². The molecule has 3 aromatic rings. The number of rotatable bonds is 2. The van der Waals surface area contributed by atoms with Crippen LogP contribution in [0, 0.1) is 5.21 Å². The van der Waals surface area contributed by atoms with Gasteiger partial charge in [-0.1, -0.05) is 23.7 Å². The van der Waals surface area contributed by atoms with Crippen LogP contribution >= 0.6 is 11.6 Å². The number of benzene rings is 2. The van der Waals surface area contributed by atoms with E-state index in [4.69, 9.17) is 16.3 Å². The lowest BCUT2D eigenvalue weighted by atomic mass is 10.3. The van der Waals surface area contributed by atoms with E-state index in [0.29, 0.717) is 32.5 Å². The monoisotopic (exact) mass is 262 g/mol. The van der Waals surface area contributed by atoms with Crippen LogP contribution in [0.3, 0.4) is 0 Å². The van der Waals surface area contributed by atoms with E-state index in [1.807, 2.05) is 12.1 Å². The van der Waals surface area contributed by atoms with E-state index in [1.54, 1.807) is 30.3 Å².